The first-order valence-corrected chi connectivity index (χ1v) is 6.53. The fraction of sp³-hybridized carbons (Fsp3) is 0.125. The lowest BCUT2D eigenvalue weighted by atomic mass is 10.2. The molecule has 0 fully saturated rings. The molecule has 0 spiro atoms. The lowest BCUT2D eigenvalue weighted by Gasteiger charge is -2.07. The maximum absolute atomic E-state index is 13.0. The second-order valence-electron chi connectivity index (χ2n) is 4.39. The first kappa shape index (κ1) is 15.6. The van der Waals surface area contributed by atoms with E-state index in [9.17, 15) is 18.4 Å². The van der Waals surface area contributed by atoms with E-state index in [0.29, 0.717) is 5.56 Å². The van der Waals surface area contributed by atoms with Gasteiger partial charge in [0, 0.05) is 5.56 Å². The van der Waals surface area contributed by atoms with Crippen molar-refractivity contribution in [1.82, 2.24) is 5.32 Å². The molecule has 0 saturated heterocycles. The molecule has 0 unspecified atom stereocenters. The number of amides is 1. The second kappa shape index (κ2) is 7.31. The summed E-state index contributed by atoms with van der Waals surface area (Å²) in [5, 5.41) is 2.58. The Balaban J connectivity index is 1.78. The van der Waals surface area contributed by atoms with Gasteiger partial charge in [-0.1, -0.05) is 18.2 Å². The first-order valence-electron chi connectivity index (χ1n) is 6.53. The molecule has 114 valence electrons. The summed E-state index contributed by atoms with van der Waals surface area (Å²) in [6.45, 7) is 0.0412. The molecule has 0 aromatic heterocycles. The van der Waals surface area contributed by atoms with Crippen molar-refractivity contribution in [3.8, 4) is 0 Å². The van der Waals surface area contributed by atoms with Crippen molar-refractivity contribution in [3.05, 3.63) is 71.3 Å². The minimum atomic E-state index is -1.12. The lowest BCUT2D eigenvalue weighted by Crippen LogP contribution is -2.28. The van der Waals surface area contributed by atoms with Crippen LogP contribution in [0.15, 0.2) is 48.5 Å². The number of halogens is 2. The molecule has 0 aliphatic heterocycles. The SMILES string of the molecule is O=C(NCCOC(=O)c1ccc(F)c(F)c1)c1ccccc1. The van der Waals surface area contributed by atoms with Crippen LogP contribution in [-0.2, 0) is 4.74 Å². The number of hydrogen-bond donors (Lipinski definition) is 1. The van der Waals surface area contributed by atoms with Crippen LogP contribution in [0, 0.1) is 11.6 Å². The van der Waals surface area contributed by atoms with Crippen molar-refractivity contribution in [2.45, 2.75) is 0 Å². The summed E-state index contributed by atoms with van der Waals surface area (Å²) in [6, 6.07) is 11.3. The van der Waals surface area contributed by atoms with Gasteiger partial charge >= 0.3 is 5.97 Å². The van der Waals surface area contributed by atoms with Gasteiger partial charge in [-0.2, -0.15) is 0 Å². The molecular weight excluding hydrogens is 292 g/mol. The number of hydrogen-bond acceptors (Lipinski definition) is 3. The minimum absolute atomic E-state index is 0.0730. The summed E-state index contributed by atoms with van der Waals surface area (Å²) >= 11 is 0. The maximum atomic E-state index is 13.0. The molecule has 0 aliphatic carbocycles. The number of esters is 1. The first-order chi connectivity index (χ1) is 10.6. The zero-order valence-corrected chi connectivity index (χ0v) is 11.5. The van der Waals surface area contributed by atoms with Crippen molar-refractivity contribution in [1.29, 1.82) is 0 Å². The average molecular weight is 305 g/mol. The van der Waals surface area contributed by atoms with Gasteiger partial charge in [-0.3, -0.25) is 4.79 Å². The van der Waals surface area contributed by atoms with Crippen LogP contribution < -0.4 is 5.32 Å². The van der Waals surface area contributed by atoms with E-state index in [1.54, 1.807) is 30.3 Å². The van der Waals surface area contributed by atoms with Crippen LogP contribution in [0.25, 0.3) is 0 Å². The molecule has 2 aromatic rings. The van der Waals surface area contributed by atoms with Gasteiger partial charge in [0.2, 0.25) is 0 Å². The molecule has 1 amide bonds. The van der Waals surface area contributed by atoms with Crippen LogP contribution in [0.3, 0.4) is 0 Å². The Morgan fingerprint density at radius 3 is 2.36 bits per heavy atom. The Labute approximate surface area is 125 Å². The monoisotopic (exact) mass is 305 g/mol. The van der Waals surface area contributed by atoms with Gasteiger partial charge in [0.25, 0.3) is 5.91 Å². The van der Waals surface area contributed by atoms with E-state index in [2.05, 4.69) is 5.32 Å². The quantitative estimate of drug-likeness (QED) is 0.682. The van der Waals surface area contributed by atoms with Gasteiger partial charge in [0.1, 0.15) is 6.61 Å². The van der Waals surface area contributed by atoms with Crippen molar-refractivity contribution < 1.29 is 23.1 Å². The largest absolute Gasteiger partial charge is 0.460 e. The molecule has 2 aromatic carbocycles. The predicted molar refractivity (Wildman–Crippen MR) is 75.4 cm³/mol. The van der Waals surface area contributed by atoms with E-state index < -0.39 is 17.6 Å². The number of benzene rings is 2. The third-order valence-electron chi connectivity index (χ3n) is 2.81. The molecule has 1 N–H and O–H groups in total. The fourth-order valence-electron chi connectivity index (χ4n) is 1.71. The summed E-state index contributed by atoms with van der Waals surface area (Å²) in [7, 11) is 0. The van der Waals surface area contributed by atoms with Crippen molar-refractivity contribution >= 4 is 11.9 Å². The molecule has 4 nitrogen and oxygen atoms in total. The van der Waals surface area contributed by atoms with Crippen LogP contribution in [0.5, 0.6) is 0 Å². The van der Waals surface area contributed by atoms with E-state index in [1.165, 1.54) is 0 Å². The molecule has 2 rings (SSSR count). The molecular formula is C16H13F2NO3. The summed E-state index contributed by atoms with van der Waals surface area (Å²) in [5.41, 5.74) is 0.405. The van der Waals surface area contributed by atoms with Crippen molar-refractivity contribution in [3.63, 3.8) is 0 Å². The van der Waals surface area contributed by atoms with Crippen LogP contribution >= 0.6 is 0 Å². The molecule has 0 saturated carbocycles. The van der Waals surface area contributed by atoms with Crippen LogP contribution in [0.1, 0.15) is 20.7 Å². The second-order valence-corrected chi connectivity index (χ2v) is 4.39. The highest BCUT2D eigenvalue weighted by Crippen LogP contribution is 2.09. The summed E-state index contributed by atoms with van der Waals surface area (Å²) in [4.78, 5) is 23.3. The van der Waals surface area contributed by atoms with Crippen LogP contribution in [0.2, 0.25) is 0 Å². The Bertz CT molecular complexity index is 674. The van der Waals surface area contributed by atoms with Gasteiger partial charge in [-0.05, 0) is 30.3 Å². The summed E-state index contributed by atoms with van der Waals surface area (Å²) < 4.78 is 30.6. The number of nitrogens with one attached hydrogen (secondary N) is 1. The summed E-state index contributed by atoms with van der Waals surface area (Å²) in [6.07, 6.45) is 0. The van der Waals surface area contributed by atoms with Gasteiger partial charge in [0.05, 0.1) is 12.1 Å². The zero-order valence-electron chi connectivity index (χ0n) is 11.5. The van der Waals surface area contributed by atoms with E-state index in [4.69, 9.17) is 4.74 Å². The molecule has 0 bridgehead atoms. The molecule has 6 heteroatoms. The molecule has 0 heterocycles. The molecule has 22 heavy (non-hydrogen) atoms. The molecule has 0 aliphatic rings. The van der Waals surface area contributed by atoms with Gasteiger partial charge in [0.15, 0.2) is 11.6 Å². The highest BCUT2D eigenvalue weighted by molar-refractivity contribution is 5.94. The van der Waals surface area contributed by atoms with E-state index in [-0.39, 0.29) is 24.6 Å². The Hall–Kier alpha value is -2.76. The van der Waals surface area contributed by atoms with Crippen LogP contribution in [-0.4, -0.2) is 25.0 Å². The average Bonchev–Trinajstić information content (AvgIpc) is 2.54. The Morgan fingerprint density at radius 1 is 0.955 bits per heavy atom. The van der Waals surface area contributed by atoms with E-state index >= 15 is 0 Å². The molecule has 0 radical (unpaired) electrons. The van der Waals surface area contributed by atoms with Crippen molar-refractivity contribution in [2.75, 3.05) is 13.2 Å². The third kappa shape index (κ3) is 4.12. The standard InChI is InChI=1S/C16H13F2NO3/c17-13-7-6-12(10-14(13)18)16(21)22-9-8-19-15(20)11-4-2-1-3-5-11/h1-7,10H,8-9H2,(H,19,20). The Morgan fingerprint density at radius 2 is 1.68 bits per heavy atom. The third-order valence-corrected chi connectivity index (χ3v) is 2.81. The number of carbonyl (C=O) groups excluding carboxylic acids is 2. The zero-order chi connectivity index (χ0) is 15.9. The highest BCUT2D eigenvalue weighted by atomic mass is 19.2. The Kier molecular flexibility index (Phi) is 5.19. The predicted octanol–water partition coefficient (Wildman–Crippen LogP) is 2.55. The van der Waals surface area contributed by atoms with Crippen molar-refractivity contribution in [2.24, 2.45) is 0 Å². The highest BCUT2D eigenvalue weighted by Gasteiger charge is 2.11. The van der Waals surface area contributed by atoms with Crippen LogP contribution in [0.4, 0.5) is 8.78 Å². The lowest BCUT2D eigenvalue weighted by molar-refractivity contribution is 0.0502. The summed E-state index contributed by atoms with van der Waals surface area (Å²) in [5.74, 6) is -3.23. The topological polar surface area (TPSA) is 55.4 Å². The number of rotatable bonds is 5. The number of ether oxygens (including phenoxy) is 1. The maximum Gasteiger partial charge on any atom is 0.338 e. The smallest absolute Gasteiger partial charge is 0.338 e. The van der Waals surface area contributed by atoms with Gasteiger partial charge < -0.3 is 10.1 Å². The minimum Gasteiger partial charge on any atom is -0.460 e. The number of carbonyl (C=O) groups is 2. The van der Waals surface area contributed by atoms with E-state index in [0.717, 1.165) is 18.2 Å². The van der Waals surface area contributed by atoms with Gasteiger partial charge in [-0.25, -0.2) is 13.6 Å². The molecule has 0 atom stereocenters. The normalized spacial score (nSPS) is 10.1. The van der Waals surface area contributed by atoms with Gasteiger partial charge in [-0.15, -0.1) is 0 Å². The fourth-order valence-corrected chi connectivity index (χ4v) is 1.71. The van der Waals surface area contributed by atoms with E-state index in [1.807, 2.05) is 0 Å².